The van der Waals surface area contributed by atoms with Gasteiger partial charge in [0.1, 0.15) is 0 Å². The Kier molecular flexibility index (Phi) is 5.69. The van der Waals surface area contributed by atoms with Crippen LogP contribution >= 0.6 is 11.6 Å². The van der Waals surface area contributed by atoms with Crippen molar-refractivity contribution in [3.8, 4) is 0 Å². The second-order valence-electron chi connectivity index (χ2n) is 7.84. The molecule has 2 saturated heterocycles. The smallest absolute Gasteiger partial charge is 0.241 e. The Hall–Kier alpha value is -1.89. The molecule has 154 valence electrons. The molecule has 0 N–H and O–H groups in total. The van der Waals surface area contributed by atoms with Gasteiger partial charge in [0.15, 0.2) is 9.84 Å². The van der Waals surface area contributed by atoms with Crippen LogP contribution in [-0.4, -0.2) is 55.9 Å². The van der Waals surface area contributed by atoms with Crippen molar-refractivity contribution in [3.63, 3.8) is 0 Å². The highest BCUT2D eigenvalue weighted by atomic mass is 35.5. The molecule has 0 unspecified atom stereocenters. The Labute approximate surface area is 177 Å². The number of benzene rings is 2. The topological polar surface area (TPSA) is 57.7 Å². The zero-order valence-electron chi connectivity index (χ0n) is 16.4. The number of piperazine rings is 1. The van der Waals surface area contributed by atoms with Gasteiger partial charge in [-0.25, -0.2) is 8.42 Å². The van der Waals surface area contributed by atoms with Crippen molar-refractivity contribution in [1.82, 2.24) is 4.90 Å². The maximum atomic E-state index is 13.0. The van der Waals surface area contributed by atoms with E-state index in [0.29, 0.717) is 11.6 Å². The molecule has 7 heteroatoms. The molecule has 0 spiro atoms. The Morgan fingerprint density at radius 3 is 2.24 bits per heavy atom. The van der Waals surface area contributed by atoms with Crippen LogP contribution in [0.1, 0.15) is 18.1 Å². The highest BCUT2D eigenvalue weighted by Gasteiger charge is 2.49. The fourth-order valence-electron chi connectivity index (χ4n) is 4.35. The van der Waals surface area contributed by atoms with Crippen molar-refractivity contribution in [3.05, 3.63) is 64.7 Å². The summed E-state index contributed by atoms with van der Waals surface area (Å²) in [4.78, 5) is 16.8. The SMILES string of the molecule is CCc1ccc(N2C(=O)CN(CCc3ccc(Cl)cc3)[C@H]3CS(=O)(=O)C[C@H]32)cc1. The van der Waals surface area contributed by atoms with Crippen LogP contribution < -0.4 is 4.90 Å². The Bertz CT molecular complexity index is 990. The molecule has 5 nitrogen and oxygen atoms in total. The van der Waals surface area contributed by atoms with Crippen LogP contribution in [-0.2, 0) is 27.5 Å². The van der Waals surface area contributed by atoms with Gasteiger partial charge in [-0.2, -0.15) is 0 Å². The van der Waals surface area contributed by atoms with E-state index in [0.717, 1.165) is 24.1 Å². The van der Waals surface area contributed by atoms with Gasteiger partial charge in [0.25, 0.3) is 0 Å². The van der Waals surface area contributed by atoms with Crippen LogP contribution in [0.5, 0.6) is 0 Å². The van der Waals surface area contributed by atoms with E-state index in [1.807, 2.05) is 53.4 Å². The van der Waals surface area contributed by atoms with Crippen molar-refractivity contribution < 1.29 is 13.2 Å². The number of hydrogen-bond acceptors (Lipinski definition) is 4. The number of sulfone groups is 1. The summed E-state index contributed by atoms with van der Waals surface area (Å²) < 4.78 is 24.9. The summed E-state index contributed by atoms with van der Waals surface area (Å²) in [6.07, 6.45) is 1.67. The minimum Gasteiger partial charge on any atom is -0.306 e. The second-order valence-corrected chi connectivity index (χ2v) is 10.4. The standard InChI is InChI=1S/C22H25ClN2O3S/c1-2-16-5-9-19(10-6-16)25-21-15-29(27,28)14-20(21)24(13-22(25)26)12-11-17-3-7-18(23)8-4-17/h3-10,20-21H,2,11-15H2,1H3/t20-,21+/m0/s1. The number of nitrogens with zero attached hydrogens (tertiary/aromatic N) is 2. The summed E-state index contributed by atoms with van der Waals surface area (Å²) in [5.74, 6) is 0.0922. The lowest BCUT2D eigenvalue weighted by Crippen LogP contribution is -2.62. The summed E-state index contributed by atoms with van der Waals surface area (Å²) in [6, 6.07) is 15.0. The monoisotopic (exact) mass is 432 g/mol. The Morgan fingerprint density at radius 2 is 1.59 bits per heavy atom. The largest absolute Gasteiger partial charge is 0.306 e. The highest BCUT2D eigenvalue weighted by Crippen LogP contribution is 2.32. The van der Waals surface area contributed by atoms with Crippen LogP contribution in [0.15, 0.2) is 48.5 Å². The molecule has 4 rings (SSSR count). The molecule has 1 amide bonds. The summed E-state index contributed by atoms with van der Waals surface area (Å²) >= 11 is 5.95. The van der Waals surface area contributed by atoms with E-state index in [9.17, 15) is 13.2 Å². The molecule has 0 saturated carbocycles. The maximum Gasteiger partial charge on any atom is 0.241 e. The number of amides is 1. The van der Waals surface area contributed by atoms with Crippen molar-refractivity contribution in [2.45, 2.75) is 31.8 Å². The quantitative estimate of drug-likeness (QED) is 0.728. The van der Waals surface area contributed by atoms with E-state index in [1.165, 1.54) is 5.56 Å². The van der Waals surface area contributed by atoms with Crippen LogP contribution in [0.4, 0.5) is 5.69 Å². The third kappa shape index (κ3) is 4.34. The third-order valence-corrected chi connectivity index (χ3v) is 7.88. The van der Waals surface area contributed by atoms with Gasteiger partial charge in [-0.1, -0.05) is 42.8 Å². The molecular formula is C22H25ClN2O3S. The van der Waals surface area contributed by atoms with Gasteiger partial charge >= 0.3 is 0 Å². The lowest BCUT2D eigenvalue weighted by molar-refractivity contribution is -0.123. The first-order chi connectivity index (χ1) is 13.9. The summed E-state index contributed by atoms with van der Waals surface area (Å²) in [5, 5.41) is 0.689. The van der Waals surface area contributed by atoms with Crippen molar-refractivity contribution in [2.75, 3.05) is 29.5 Å². The number of carbonyl (C=O) groups is 1. The number of anilines is 1. The number of hydrogen-bond donors (Lipinski definition) is 0. The average Bonchev–Trinajstić information content (AvgIpc) is 3.02. The van der Waals surface area contributed by atoms with Crippen LogP contribution in [0, 0.1) is 0 Å². The third-order valence-electron chi connectivity index (χ3n) is 5.92. The Morgan fingerprint density at radius 1 is 0.966 bits per heavy atom. The molecule has 0 radical (unpaired) electrons. The number of rotatable bonds is 5. The molecule has 2 aromatic rings. The summed E-state index contributed by atoms with van der Waals surface area (Å²) in [7, 11) is -3.18. The maximum absolute atomic E-state index is 13.0. The van der Waals surface area contributed by atoms with Crippen LogP contribution in [0.2, 0.25) is 5.02 Å². The molecule has 2 aliphatic rings. The minimum atomic E-state index is -3.18. The Balaban J connectivity index is 1.56. The average molecular weight is 433 g/mol. The molecule has 2 heterocycles. The first-order valence-corrected chi connectivity index (χ1v) is 12.2. The molecule has 0 bridgehead atoms. The zero-order valence-corrected chi connectivity index (χ0v) is 18.0. The number of fused-ring (bicyclic) bond motifs is 1. The minimum absolute atomic E-state index is 0.0242. The second kappa shape index (κ2) is 8.09. The predicted molar refractivity (Wildman–Crippen MR) is 116 cm³/mol. The van der Waals surface area contributed by atoms with E-state index in [-0.39, 0.29) is 36.0 Å². The lowest BCUT2D eigenvalue weighted by Gasteiger charge is -2.43. The molecule has 2 fully saturated rings. The van der Waals surface area contributed by atoms with Gasteiger partial charge in [0.2, 0.25) is 5.91 Å². The predicted octanol–water partition coefficient (Wildman–Crippen LogP) is 2.96. The molecule has 29 heavy (non-hydrogen) atoms. The fourth-order valence-corrected chi connectivity index (χ4v) is 6.46. The van der Waals surface area contributed by atoms with E-state index in [4.69, 9.17) is 11.6 Å². The van der Waals surface area contributed by atoms with E-state index < -0.39 is 9.84 Å². The molecular weight excluding hydrogens is 408 g/mol. The summed E-state index contributed by atoms with van der Waals surface area (Å²) in [5.41, 5.74) is 3.10. The number of aryl methyl sites for hydroxylation is 1. The van der Waals surface area contributed by atoms with Gasteiger partial charge in [0, 0.05) is 23.3 Å². The van der Waals surface area contributed by atoms with Crippen molar-refractivity contribution >= 4 is 33.0 Å². The molecule has 2 atom stereocenters. The van der Waals surface area contributed by atoms with Crippen LogP contribution in [0.3, 0.4) is 0 Å². The van der Waals surface area contributed by atoms with Gasteiger partial charge in [0.05, 0.1) is 24.1 Å². The van der Waals surface area contributed by atoms with Gasteiger partial charge < -0.3 is 4.90 Å². The number of halogens is 1. The van der Waals surface area contributed by atoms with Gasteiger partial charge in [-0.3, -0.25) is 9.69 Å². The van der Waals surface area contributed by atoms with Gasteiger partial charge in [-0.05, 0) is 48.2 Å². The lowest BCUT2D eigenvalue weighted by atomic mass is 10.0. The molecule has 0 aromatic heterocycles. The molecule has 0 aliphatic carbocycles. The first kappa shape index (κ1) is 20.4. The highest BCUT2D eigenvalue weighted by molar-refractivity contribution is 7.91. The fraction of sp³-hybridized carbons (Fsp3) is 0.409. The van der Waals surface area contributed by atoms with E-state index in [1.54, 1.807) is 4.90 Å². The molecule has 2 aliphatic heterocycles. The first-order valence-electron chi connectivity index (χ1n) is 9.96. The number of carbonyl (C=O) groups excluding carboxylic acids is 1. The van der Waals surface area contributed by atoms with E-state index in [2.05, 4.69) is 6.92 Å². The van der Waals surface area contributed by atoms with Crippen molar-refractivity contribution in [2.24, 2.45) is 0 Å². The van der Waals surface area contributed by atoms with Crippen molar-refractivity contribution in [1.29, 1.82) is 0 Å². The molecule has 2 aromatic carbocycles. The summed E-state index contributed by atoms with van der Waals surface area (Å²) in [6.45, 7) is 2.96. The van der Waals surface area contributed by atoms with Gasteiger partial charge in [-0.15, -0.1) is 0 Å². The normalized spacial score (nSPS) is 23.9. The zero-order chi connectivity index (χ0) is 20.6. The van der Waals surface area contributed by atoms with E-state index >= 15 is 0 Å². The van der Waals surface area contributed by atoms with Crippen LogP contribution in [0.25, 0.3) is 0 Å².